The molecule has 2 amide bonds. The van der Waals surface area contributed by atoms with Crippen LogP contribution in [0.25, 0.3) is 0 Å². The number of aromatic nitrogens is 3. The highest BCUT2D eigenvalue weighted by atomic mass is 127. The Balaban J connectivity index is 1.75. The number of rotatable bonds is 10. The van der Waals surface area contributed by atoms with Gasteiger partial charge in [-0.3, -0.25) is 19.7 Å². The second kappa shape index (κ2) is 12.5. The molecule has 196 valence electrons. The first-order valence-corrected chi connectivity index (χ1v) is 13.8. The molecule has 3 rings (SSSR count). The van der Waals surface area contributed by atoms with Crippen LogP contribution >= 0.6 is 34.4 Å². The lowest BCUT2D eigenvalue weighted by Crippen LogP contribution is -2.33. The summed E-state index contributed by atoms with van der Waals surface area (Å²) in [5.41, 5.74) is 2.85. The Bertz CT molecular complexity index is 1300. The summed E-state index contributed by atoms with van der Waals surface area (Å²) in [6.45, 7) is 10.3. The molecule has 0 aliphatic rings. The molecule has 10 nitrogen and oxygen atoms in total. The van der Waals surface area contributed by atoms with Crippen molar-refractivity contribution in [3.8, 4) is 0 Å². The average molecular weight is 637 g/mol. The Kier molecular flexibility index (Phi) is 9.65. The quantitative estimate of drug-likeness (QED) is 0.134. The lowest BCUT2D eigenvalue weighted by atomic mass is 10.0. The van der Waals surface area contributed by atoms with E-state index < -0.39 is 16.9 Å². The third-order valence-electron chi connectivity index (χ3n) is 5.71. The Morgan fingerprint density at radius 3 is 2.43 bits per heavy atom. The minimum atomic E-state index is -0.537. The number of carbonyl (C=O) groups is 2. The maximum atomic E-state index is 12.9. The van der Waals surface area contributed by atoms with E-state index in [0.717, 1.165) is 20.4 Å². The molecule has 0 fully saturated rings. The molecule has 0 spiro atoms. The Hall–Kier alpha value is -3.00. The molecule has 12 heteroatoms. The van der Waals surface area contributed by atoms with Crippen molar-refractivity contribution in [2.45, 2.75) is 52.4 Å². The molecule has 1 atom stereocenters. The highest BCUT2D eigenvalue weighted by Gasteiger charge is 2.27. The lowest BCUT2D eigenvalue weighted by molar-refractivity contribution is -0.384. The van der Waals surface area contributed by atoms with Gasteiger partial charge in [0.15, 0.2) is 11.0 Å². The largest absolute Gasteiger partial charge is 0.342 e. The van der Waals surface area contributed by atoms with E-state index in [1.54, 1.807) is 0 Å². The van der Waals surface area contributed by atoms with Gasteiger partial charge in [-0.05, 0) is 78.6 Å². The SMILES string of the molecule is CCn1c(SCC(=O)Nc2c(C)cc(I)cc2C)nnc1[C@@H](NC(=O)c1cccc([N+](=O)[O-])c1)C(C)C. The van der Waals surface area contributed by atoms with Gasteiger partial charge in [0, 0.05) is 33.5 Å². The van der Waals surface area contributed by atoms with Gasteiger partial charge in [-0.1, -0.05) is 31.7 Å². The number of carbonyl (C=O) groups excluding carboxylic acids is 2. The zero-order valence-electron chi connectivity index (χ0n) is 21.2. The zero-order chi connectivity index (χ0) is 27.3. The van der Waals surface area contributed by atoms with Crippen molar-refractivity contribution in [2.75, 3.05) is 11.1 Å². The zero-order valence-corrected chi connectivity index (χ0v) is 24.2. The van der Waals surface area contributed by atoms with E-state index >= 15 is 0 Å². The second-order valence-electron chi connectivity index (χ2n) is 8.84. The normalized spacial score (nSPS) is 11.9. The molecule has 1 aromatic heterocycles. The summed E-state index contributed by atoms with van der Waals surface area (Å²) in [4.78, 5) is 36.2. The van der Waals surface area contributed by atoms with E-state index in [2.05, 4.69) is 43.4 Å². The number of anilines is 1. The average Bonchev–Trinajstić information content (AvgIpc) is 3.25. The van der Waals surface area contributed by atoms with Gasteiger partial charge in [-0.25, -0.2) is 0 Å². The summed E-state index contributed by atoms with van der Waals surface area (Å²) in [6, 6.07) is 9.14. The minimum absolute atomic E-state index is 0.0369. The number of thioether (sulfide) groups is 1. The molecule has 3 aromatic rings. The van der Waals surface area contributed by atoms with Crippen molar-refractivity contribution < 1.29 is 14.5 Å². The number of hydrogen-bond acceptors (Lipinski definition) is 7. The fourth-order valence-electron chi connectivity index (χ4n) is 3.86. The molecule has 37 heavy (non-hydrogen) atoms. The first-order chi connectivity index (χ1) is 17.5. The van der Waals surface area contributed by atoms with Gasteiger partial charge in [0.05, 0.1) is 16.7 Å². The number of nitrogens with one attached hydrogen (secondary N) is 2. The van der Waals surface area contributed by atoms with Crippen LogP contribution in [-0.2, 0) is 11.3 Å². The van der Waals surface area contributed by atoms with E-state index in [0.29, 0.717) is 17.5 Å². The number of amides is 2. The van der Waals surface area contributed by atoms with Crippen LogP contribution in [0.4, 0.5) is 11.4 Å². The molecule has 0 saturated heterocycles. The summed E-state index contributed by atoms with van der Waals surface area (Å²) in [5, 5.41) is 26.2. The Morgan fingerprint density at radius 1 is 1.16 bits per heavy atom. The highest BCUT2D eigenvalue weighted by Crippen LogP contribution is 2.27. The van der Waals surface area contributed by atoms with E-state index in [1.807, 2.05) is 51.3 Å². The molecule has 0 unspecified atom stereocenters. The predicted molar refractivity (Wildman–Crippen MR) is 152 cm³/mol. The molecule has 2 aromatic carbocycles. The fraction of sp³-hybridized carbons (Fsp3) is 0.360. The van der Waals surface area contributed by atoms with E-state index in [4.69, 9.17) is 0 Å². The third kappa shape index (κ3) is 7.06. The molecule has 0 aliphatic carbocycles. The molecule has 0 radical (unpaired) electrons. The van der Waals surface area contributed by atoms with Gasteiger partial charge >= 0.3 is 0 Å². The summed E-state index contributed by atoms with van der Waals surface area (Å²) < 4.78 is 2.98. The first kappa shape index (κ1) is 28.6. The van der Waals surface area contributed by atoms with Crippen LogP contribution in [0.2, 0.25) is 0 Å². The second-order valence-corrected chi connectivity index (χ2v) is 11.0. The minimum Gasteiger partial charge on any atom is -0.342 e. The van der Waals surface area contributed by atoms with Crippen molar-refractivity contribution in [3.63, 3.8) is 0 Å². The monoisotopic (exact) mass is 636 g/mol. The molecule has 2 N–H and O–H groups in total. The predicted octanol–water partition coefficient (Wildman–Crippen LogP) is 5.29. The van der Waals surface area contributed by atoms with Gasteiger partial charge in [0.1, 0.15) is 0 Å². The molecular formula is C25H29IN6O4S. The number of nitro benzene ring substituents is 1. The van der Waals surface area contributed by atoms with Gasteiger partial charge in [-0.15, -0.1) is 10.2 Å². The topological polar surface area (TPSA) is 132 Å². The number of benzene rings is 2. The van der Waals surface area contributed by atoms with Crippen molar-refractivity contribution in [1.82, 2.24) is 20.1 Å². The standard InChI is InChI=1S/C25H29IN6O4S/c1-6-31-23(21(14(2)3)28-24(34)17-8-7-9-19(12-17)32(35)36)29-30-25(31)37-13-20(33)27-22-15(4)10-18(26)11-16(22)5/h7-12,14,21H,6,13H2,1-5H3,(H,27,33)(H,28,34)/t21-/m0/s1. The van der Waals surface area contributed by atoms with Crippen molar-refractivity contribution >= 4 is 57.5 Å². The fourth-order valence-corrected chi connectivity index (χ4v) is 5.61. The number of hydrogen-bond donors (Lipinski definition) is 2. The third-order valence-corrected chi connectivity index (χ3v) is 7.30. The van der Waals surface area contributed by atoms with Crippen molar-refractivity contribution in [2.24, 2.45) is 5.92 Å². The van der Waals surface area contributed by atoms with E-state index in [-0.39, 0.29) is 28.8 Å². The van der Waals surface area contributed by atoms with E-state index in [1.165, 1.54) is 36.0 Å². The molecular weight excluding hydrogens is 607 g/mol. The van der Waals surface area contributed by atoms with Crippen molar-refractivity contribution in [1.29, 1.82) is 0 Å². The molecule has 0 saturated carbocycles. The van der Waals surface area contributed by atoms with Gasteiger partial charge < -0.3 is 15.2 Å². The Morgan fingerprint density at radius 2 is 1.84 bits per heavy atom. The van der Waals surface area contributed by atoms with Crippen molar-refractivity contribution in [3.05, 3.63) is 72.6 Å². The van der Waals surface area contributed by atoms with Crippen LogP contribution in [0.1, 0.15) is 54.1 Å². The van der Waals surface area contributed by atoms with Crippen LogP contribution in [0, 0.1) is 33.4 Å². The lowest BCUT2D eigenvalue weighted by Gasteiger charge is -2.22. The smallest absolute Gasteiger partial charge is 0.270 e. The summed E-state index contributed by atoms with van der Waals surface area (Å²) in [5.74, 6) is 0.0811. The van der Waals surface area contributed by atoms with Crippen LogP contribution in [0.5, 0.6) is 0 Å². The van der Waals surface area contributed by atoms with Crippen LogP contribution in [0.15, 0.2) is 41.6 Å². The molecule has 1 heterocycles. The van der Waals surface area contributed by atoms with Gasteiger partial charge in [-0.2, -0.15) is 0 Å². The number of non-ortho nitro benzene ring substituents is 1. The summed E-state index contributed by atoms with van der Waals surface area (Å²) in [7, 11) is 0. The summed E-state index contributed by atoms with van der Waals surface area (Å²) >= 11 is 3.52. The van der Waals surface area contributed by atoms with E-state index in [9.17, 15) is 19.7 Å². The number of halogens is 1. The van der Waals surface area contributed by atoms with Crippen LogP contribution < -0.4 is 10.6 Å². The summed E-state index contributed by atoms with van der Waals surface area (Å²) in [6.07, 6.45) is 0. The number of nitrogens with zero attached hydrogens (tertiary/aromatic N) is 4. The number of nitro groups is 1. The Labute approximate surface area is 233 Å². The van der Waals surface area contributed by atoms with Gasteiger partial charge in [0.2, 0.25) is 5.91 Å². The maximum absolute atomic E-state index is 12.9. The first-order valence-electron chi connectivity index (χ1n) is 11.7. The van der Waals surface area contributed by atoms with Crippen LogP contribution in [-0.4, -0.2) is 37.3 Å². The number of aryl methyl sites for hydroxylation is 2. The molecule has 0 aliphatic heterocycles. The molecule has 0 bridgehead atoms. The van der Waals surface area contributed by atoms with Gasteiger partial charge in [0.25, 0.3) is 11.6 Å². The highest BCUT2D eigenvalue weighted by molar-refractivity contribution is 14.1. The maximum Gasteiger partial charge on any atom is 0.270 e. The van der Waals surface area contributed by atoms with Crippen LogP contribution in [0.3, 0.4) is 0 Å².